The summed E-state index contributed by atoms with van der Waals surface area (Å²) in [6.07, 6.45) is 0.434. The van der Waals surface area contributed by atoms with E-state index >= 15 is 0 Å². The molecular weight excluding hydrogens is 326 g/mol. The van der Waals surface area contributed by atoms with Crippen LogP contribution in [0.2, 0.25) is 5.02 Å². The molecule has 5 nitrogen and oxygen atoms in total. The lowest BCUT2D eigenvalue weighted by Crippen LogP contribution is -2.31. The maximum atomic E-state index is 11.4. The van der Waals surface area contributed by atoms with E-state index in [1.807, 2.05) is 37.3 Å². The number of halogens is 1. The lowest BCUT2D eigenvalue weighted by Gasteiger charge is -2.18. The quantitative estimate of drug-likeness (QED) is 0.767. The van der Waals surface area contributed by atoms with Crippen LogP contribution in [0.1, 0.15) is 18.9 Å². The fourth-order valence-corrected chi connectivity index (χ4v) is 2.93. The molecule has 2 heterocycles. The molecule has 1 unspecified atom stereocenters. The molecule has 4 rings (SSSR count). The molecule has 0 fully saturated rings. The van der Waals surface area contributed by atoms with Gasteiger partial charge in [-0.3, -0.25) is 4.79 Å². The number of aromatic nitrogens is 1. The second-order valence-electron chi connectivity index (χ2n) is 5.85. The Hall–Kier alpha value is -2.66. The van der Waals surface area contributed by atoms with Gasteiger partial charge < -0.3 is 4.42 Å². The normalized spacial score (nSPS) is 17.7. The highest BCUT2D eigenvalue weighted by Gasteiger charge is 2.22. The molecule has 0 aliphatic carbocycles. The van der Waals surface area contributed by atoms with Crippen LogP contribution in [-0.4, -0.2) is 16.6 Å². The molecule has 1 N–H and O–H groups in total. The zero-order valence-corrected chi connectivity index (χ0v) is 13.7. The predicted octanol–water partition coefficient (Wildman–Crippen LogP) is 4.01. The van der Waals surface area contributed by atoms with Crippen LogP contribution in [0.4, 0.5) is 0 Å². The number of oxazole rings is 1. The van der Waals surface area contributed by atoms with Gasteiger partial charge in [0.2, 0.25) is 11.8 Å². The Morgan fingerprint density at radius 2 is 1.92 bits per heavy atom. The SMILES string of the molecule is CC1CC(=O)NN=C1c1ccc2nc(-c3ccc(Cl)cc3)oc2c1. The minimum atomic E-state index is -0.0583. The van der Waals surface area contributed by atoms with Crippen molar-refractivity contribution in [2.24, 2.45) is 11.0 Å². The molecule has 1 amide bonds. The van der Waals surface area contributed by atoms with E-state index < -0.39 is 0 Å². The van der Waals surface area contributed by atoms with Gasteiger partial charge in [-0.25, -0.2) is 10.4 Å². The third-order valence-corrected chi connectivity index (χ3v) is 4.29. The lowest BCUT2D eigenvalue weighted by molar-refractivity contribution is -0.121. The van der Waals surface area contributed by atoms with Gasteiger partial charge in [0.25, 0.3) is 0 Å². The zero-order valence-electron chi connectivity index (χ0n) is 12.9. The first-order valence-electron chi connectivity index (χ1n) is 7.63. The van der Waals surface area contributed by atoms with Crippen LogP contribution in [0.3, 0.4) is 0 Å². The summed E-state index contributed by atoms with van der Waals surface area (Å²) in [6, 6.07) is 13.1. The number of hydrogen-bond donors (Lipinski definition) is 1. The molecule has 1 aromatic heterocycles. The summed E-state index contributed by atoms with van der Waals surface area (Å²) in [5.74, 6) is 0.553. The van der Waals surface area contributed by atoms with Crippen LogP contribution in [-0.2, 0) is 4.79 Å². The predicted molar refractivity (Wildman–Crippen MR) is 92.9 cm³/mol. The van der Waals surface area contributed by atoms with Gasteiger partial charge in [-0.2, -0.15) is 5.10 Å². The highest BCUT2D eigenvalue weighted by atomic mass is 35.5. The smallest absolute Gasteiger partial charge is 0.240 e. The maximum Gasteiger partial charge on any atom is 0.240 e. The Kier molecular flexibility index (Phi) is 3.58. The molecule has 0 bridgehead atoms. The molecule has 24 heavy (non-hydrogen) atoms. The number of rotatable bonds is 2. The molecule has 120 valence electrons. The summed E-state index contributed by atoms with van der Waals surface area (Å²) in [4.78, 5) is 15.9. The van der Waals surface area contributed by atoms with Crippen LogP contribution in [0.25, 0.3) is 22.6 Å². The van der Waals surface area contributed by atoms with E-state index in [1.165, 1.54) is 0 Å². The topological polar surface area (TPSA) is 67.5 Å². The first-order chi connectivity index (χ1) is 11.6. The van der Waals surface area contributed by atoms with Crippen LogP contribution in [0.5, 0.6) is 0 Å². The second kappa shape index (κ2) is 5.76. The molecule has 1 aliphatic rings. The monoisotopic (exact) mass is 339 g/mol. The van der Waals surface area contributed by atoms with Gasteiger partial charge >= 0.3 is 0 Å². The third kappa shape index (κ3) is 2.67. The van der Waals surface area contributed by atoms with E-state index in [2.05, 4.69) is 15.5 Å². The van der Waals surface area contributed by atoms with Crippen LogP contribution in [0.15, 0.2) is 52.0 Å². The van der Waals surface area contributed by atoms with Crippen molar-refractivity contribution in [1.82, 2.24) is 10.4 Å². The van der Waals surface area contributed by atoms with Gasteiger partial charge in [0.1, 0.15) is 5.52 Å². The van der Waals surface area contributed by atoms with Crippen molar-refractivity contribution in [2.45, 2.75) is 13.3 Å². The highest BCUT2D eigenvalue weighted by Crippen LogP contribution is 2.27. The van der Waals surface area contributed by atoms with E-state index in [1.54, 1.807) is 12.1 Å². The maximum absolute atomic E-state index is 11.4. The Bertz CT molecular complexity index is 960. The van der Waals surface area contributed by atoms with E-state index in [9.17, 15) is 4.79 Å². The van der Waals surface area contributed by atoms with E-state index in [0.717, 1.165) is 22.4 Å². The number of nitrogens with zero attached hydrogens (tertiary/aromatic N) is 2. The first kappa shape index (κ1) is 14.9. The molecule has 0 saturated carbocycles. The lowest BCUT2D eigenvalue weighted by atomic mass is 9.94. The number of carbonyl (C=O) groups excluding carboxylic acids is 1. The summed E-state index contributed by atoms with van der Waals surface area (Å²) in [5.41, 5.74) is 6.64. The number of nitrogens with one attached hydrogen (secondary N) is 1. The Morgan fingerprint density at radius 3 is 2.67 bits per heavy atom. The van der Waals surface area contributed by atoms with Gasteiger partial charge in [-0.05, 0) is 36.4 Å². The molecule has 3 aromatic rings. The number of benzene rings is 2. The molecule has 2 aromatic carbocycles. The number of fused-ring (bicyclic) bond motifs is 1. The molecule has 6 heteroatoms. The highest BCUT2D eigenvalue weighted by molar-refractivity contribution is 6.30. The minimum Gasteiger partial charge on any atom is -0.436 e. The molecule has 1 atom stereocenters. The third-order valence-electron chi connectivity index (χ3n) is 4.03. The zero-order chi connectivity index (χ0) is 16.7. The van der Waals surface area contributed by atoms with E-state index in [4.69, 9.17) is 16.0 Å². The van der Waals surface area contributed by atoms with Crippen LogP contribution in [0, 0.1) is 5.92 Å². The average Bonchev–Trinajstić information content (AvgIpc) is 2.98. The van der Waals surface area contributed by atoms with E-state index in [0.29, 0.717) is 22.9 Å². The van der Waals surface area contributed by atoms with Crippen molar-refractivity contribution in [3.8, 4) is 11.5 Å². The van der Waals surface area contributed by atoms with Crippen molar-refractivity contribution < 1.29 is 9.21 Å². The summed E-state index contributed by atoms with van der Waals surface area (Å²) >= 11 is 5.91. The van der Waals surface area contributed by atoms with Crippen molar-refractivity contribution in [3.05, 3.63) is 53.1 Å². The average molecular weight is 340 g/mol. The Morgan fingerprint density at radius 1 is 1.17 bits per heavy atom. The molecular formula is C18H14ClN3O2. The van der Waals surface area contributed by atoms with Gasteiger partial charge in [-0.1, -0.05) is 24.6 Å². The molecule has 1 aliphatic heterocycles. The van der Waals surface area contributed by atoms with Crippen LogP contribution < -0.4 is 5.43 Å². The summed E-state index contributed by atoms with van der Waals surface area (Å²) < 4.78 is 5.89. The summed E-state index contributed by atoms with van der Waals surface area (Å²) in [5, 5.41) is 4.85. The second-order valence-corrected chi connectivity index (χ2v) is 6.28. The van der Waals surface area contributed by atoms with Crippen LogP contribution >= 0.6 is 11.6 Å². The number of carbonyl (C=O) groups is 1. The number of hydrazone groups is 1. The Labute approximate surface area is 143 Å². The standard InChI is InChI=1S/C18H14ClN3O2/c1-10-8-16(23)21-22-17(10)12-4-7-14-15(9-12)24-18(20-14)11-2-5-13(19)6-3-11/h2-7,9-10H,8H2,1H3,(H,21,23). The fraction of sp³-hybridized carbons (Fsp3) is 0.167. The largest absolute Gasteiger partial charge is 0.436 e. The minimum absolute atomic E-state index is 0.0583. The Balaban J connectivity index is 1.74. The van der Waals surface area contributed by atoms with Crippen molar-refractivity contribution in [3.63, 3.8) is 0 Å². The van der Waals surface area contributed by atoms with Gasteiger partial charge in [-0.15, -0.1) is 0 Å². The van der Waals surface area contributed by atoms with Gasteiger partial charge in [0, 0.05) is 28.5 Å². The van der Waals surface area contributed by atoms with Crippen molar-refractivity contribution >= 4 is 34.3 Å². The molecule has 0 spiro atoms. The molecule has 0 saturated heterocycles. The van der Waals surface area contributed by atoms with Gasteiger partial charge in [0.15, 0.2) is 5.58 Å². The van der Waals surface area contributed by atoms with Crippen molar-refractivity contribution in [1.29, 1.82) is 0 Å². The fourth-order valence-electron chi connectivity index (χ4n) is 2.80. The molecule has 0 radical (unpaired) electrons. The van der Waals surface area contributed by atoms with E-state index in [-0.39, 0.29) is 11.8 Å². The van der Waals surface area contributed by atoms with Crippen molar-refractivity contribution in [2.75, 3.05) is 0 Å². The number of amides is 1. The number of hydrogen-bond acceptors (Lipinski definition) is 4. The summed E-state index contributed by atoms with van der Waals surface area (Å²) in [6.45, 7) is 1.99. The van der Waals surface area contributed by atoms with Gasteiger partial charge in [0.05, 0.1) is 5.71 Å². The summed E-state index contributed by atoms with van der Waals surface area (Å²) in [7, 11) is 0. The first-order valence-corrected chi connectivity index (χ1v) is 8.01.